The van der Waals surface area contributed by atoms with Crippen molar-refractivity contribution >= 4 is 11.8 Å². The van der Waals surface area contributed by atoms with Gasteiger partial charge in [-0.05, 0) is 50.3 Å². The monoisotopic (exact) mass is 267 g/mol. The zero-order valence-electron chi connectivity index (χ0n) is 11.7. The van der Waals surface area contributed by atoms with E-state index in [2.05, 4.69) is 54.9 Å². The molecule has 0 bridgehead atoms. The van der Waals surface area contributed by atoms with Crippen molar-refractivity contribution in [3.63, 3.8) is 0 Å². The molecule has 0 saturated carbocycles. The lowest BCUT2D eigenvalue weighted by molar-refractivity contribution is 0.396. The summed E-state index contributed by atoms with van der Waals surface area (Å²) < 4.78 is 2.10. The van der Waals surface area contributed by atoms with E-state index >= 15 is 0 Å². The standard InChI is InChI=1S/C14H25N3S/c1-4-11(2)17-7-5-13(16-17)9-14(15-3)12-6-8-18-10-12/h5,7,11-12,14-15H,4,6,8-10H2,1-3H3. The molecule has 2 rings (SSSR count). The highest BCUT2D eigenvalue weighted by atomic mass is 32.2. The van der Waals surface area contributed by atoms with Crippen molar-refractivity contribution in [2.45, 2.75) is 45.2 Å². The largest absolute Gasteiger partial charge is 0.316 e. The molecule has 3 atom stereocenters. The van der Waals surface area contributed by atoms with Gasteiger partial charge in [0.25, 0.3) is 0 Å². The minimum atomic E-state index is 0.508. The Hall–Kier alpha value is -0.480. The van der Waals surface area contributed by atoms with Gasteiger partial charge in [0, 0.05) is 24.7 Å². The van der Waals surface area contributed by atoms with E-state index in [1.807, 2.05) is 0 Å². The van der Waals surface area contributed by atoms with E-state index in [9.17, 15) is 0 Å². The smallest absolute Gasteiger partial charge is 0.0640 e. The Morgan fingerprint density at radius 1 is 1.61 bits per heavy atom. The van der Waals surface area contributed by atoms with Gasteiger partial charge >= 0.3 is 0 Å². The SMILES string of the molecule is CCC(C)n1ccc(CC(NC)C2CCSC2)n1. The van der Waals surface area contributed by atoms with E-state index in [4.69, 9.17) is 5.10 Å². The van der Waals surface area contributed by atoms with E-state index in [0.29, 0.717) is 12.1 Å². The molecular formula is C14H25N3S. The van der Waals surface area contributed by atoms with Crippen molar-refractivity contribution in [1.29, 1.82) is 0 Å². The lowest BCUT2D eigenvalue weighted by atomic mass is 9.95. The van der Waals surface area contributed by atoms with Gasteiger partial charge in [-0.1, -0.05) is 6.92 Å². The van der Waals surface area contributed by atoms with Crippen molar-refractivity contribution in [2.24, 2.45) is 5.92 Å². The summed E-state index contributed by atoms with van der Waals surface area (Å²) in [5, 5.41) is 8.19. The average Bonchev–Trinajstić information content (AvgIpc) is 3.05. The molecule has 4 heteroatoms. The summed E-state index contributed by atoms with van der Waals surface area (Å²) in [4.78, 5) is 0. The first kappa shape index (κ1) is 13.9. The first-order chi connectivity index (χ1) is 8.74. The molecule has 0 radical (unpaired) electrons. The number of aromatic nitrogens is 2. The number of rotatable bonds is 6. The quantitative estimate of drug-likeness (QED) is 0.859. The Morgan fingerprint density at radius 2 is 2.44 bits per heavy atom. The maximum atomic E-state index is 4.71. The van der Waals surface area contributed by atoms with Crippen molar-refractivity contribution in [2.75, 3.05) is 18.6 Å². The van der Waals surface area contributed by atoms with Crippen LogP contribution >= 0.6 is 11.8 Å². The molecule has 1 aliphatic heterocycles. The molecule has 1 aromatic rings. The van der Waals surface area contributed by atoms with Crippen molar-refractivity contribution in [1.82, 2.24) is 15.1 Å². The first-order valence-corrected chi connectivity index (χ1v) is 8.19. The van der Waals surface area contributed by atoms with Gasteiger partial charge in [-0.2, -0.15) is 16.9 Å². The molecule has 3 nitrogen and oxygen atoms in total. The van der Waals surface area contributed by atoms with Crippen molar-refractivity contribution in [3.8, 4) is 0 Å². The maximum absolute atomic E-state index is 4.71. The third kappa shape index (κ3) is 3.29. The Balaban J connectivity index is 1.96. The minimum absolute atomic E-state index is 0.508. The first-order valence-electron chi connectivity index (χ1n) is 7.03. The molecule has 0 amide bonds. The van der Waals surface area contributed by atoms with Crippen LogP contribution in [0.1, 0.15) is 38.4 Å². The average molecular weight is 267 g/mol. The molecule has 102 valence electrons. The van der Waals surface area contributed by atoms with Crippen LogP contribution in [0.3, 0.4) is 0 Å². The predicted molar refractivity (Wildman–Crippen MR) is 79.2 cm³/mol. The van der Waals surface area contributed by atoms with Crippen LogP contribution in [-0.2, 0) is 6.42 Å². The van der Waals surface area contributed by atoms with E-state index in [1.54, 1.807) is 0 Å². The van der Waals surface area contributed by atoms with E-state index < -0.39 is 0 Å². The van der Waals surface area contributed by atoms with Crippen molar-refractivity contribution < 1.29 is 0 Å². The summed E-state index contributed by atoms with van der Waals surface area (Å²) in [6.07, 6.45) is 5.67. The second-order valence-corrected chi connectivity index (χ2v) is 6.42. The normalized spacial score (nSPS) is 23.2. The van der Waals surface area contributed by atoms with Crippen LogP contribution < -0.4 is 5.32 Å². The third-order valence-corrected chi connectivity index (χ3v) is 5.23. The molecule has 1 fully saturated rings. The Labute approximate surface area is 115 Å². The van der Waals surface area contributed by atoms with Gasteiger partial charge in [0.2, 0.25) is 0 Å². The zero-order chi connectivity index (χ0) is 13.0. The van der Waals surface area contributed by atoms with Gasteiger partial charge in [0.15, 0.2) is 0 Å². The van der Waals surface area contributed by atoms with Gasteiger partial charge in [-0.15, -0.1) is 0 Å². The van der Waals surface area contributed by atoms with Crippen LogP contribution in [0.25, 0.3) is 0 Å². The van der Waals surface area contributed by atoms with E-state index in [0.717, 1.165) is 18.8 Å². The summed E-state index contributed by atoms with van der Waals surface area (Å²) in [5.74, 6) is 3.44. The highest BCUT2D eigenvalue weighted by Gasteiger charge is 2.25. The van der Waals surface area contributed by atoms with Gasteiger partial charge in [-0.3, -0.25) is 4.68 Å². The molecule has 0 aromatic carbocycles. The Bertz CT molecular complexity index is 358. The number of hydrogen-bond donors (Lipinski definition) is 1. The minimum Gasteiger partial charge on any atom is -0.316 e. The van der Waals surface area contributed by atoms with Crippen LogP contribution in [0, 0.1) is 5.92 Å². The van der Waals surface area contributed by atoms with Gasteiger partial charge in [-0.25, -0.2) is 0 Å². The molecule has 0 aliphatic carbocycles. The molecule has 1 N–H and O–H groups in total. The second kappa shape index (κ2) is 6.62. The lowest BCUT2D eigenvalue weighted by Gasteiger charge is -2.21. The molecule has 1 aromatic heterocycles. The van der Waals surface area contributed by atoms with Crippen molar-refractivity contribution in [3.05, 3.63) is 18.0 Å². The molecular weight excluding hydrogens is 242 g/mol. The second-order valence-electron chi connectivity index (χ2n) is 5.27. The maximum Gasteiger partial charge on any atom is 0.0640 e. The number of hydrogen-bond acceptors (Lipinski definition) is 3. The molecule has 18 heavy (non-hydrogen) atoms. The predicted octanol–water partition coefficient (Wildman–Crippen LogP) is 2.74. The summed E-state index contributed by atoms with van der Waals surface area (Å²) in [6.45, 7) is 4.43. The number of likely N-dealkylation sites (N-methyl/N-ethyl adjacent to an activating group) is 1. The number of nitrogens with one attached hydrogen (secondary N) is 1. The summed E-state index contributed by atoms with van der Waals surface area (Å²) in [7, 11) is 2.08. The molecule has 3 unspecified atom stereocenters. The topological polar surface area (TPSA) is 29.9 Å². The van der Waals surface area contributed by atoms with Crippen LogP contribution in [0.4, 0.5) is 0 Å². The summed E-state index contributed by atoms with van der Waals surface area (Å²) in [5.41, 5.74) is 1.23. The molecule has 1 aliphatic rings. The highest BCUT2D eigenvalue weighted by Crippen LogP contribution is 2.27. The highest BCUT2D eigenvalue weighted by molar-refractivity contribution is 7.99. The van der Waals surface area contributed by atoms with Crippen LogP contribution in [0.5, 0.6) is 0 Å². The van der Waals surface area contributed by atoms with Gasteiger partial charge in [0.1, 0.15) is 0 Å². The lowest BCUT2D eigenvalue weighted by Crippen LogP contribution is -2.35. The fourth-order valence-corrected chi connectivity index (χ4v) is 3.86. The summed E-state index contributed by atoms with van der Waals surface area (Å²) >= 11 is 2.08. The number of nitrogens with zero attached hydrogens (tertiary/aromatic N) is 2. The fourth-order valence-electron chi connectivity index (χ4n) is 2.52. The summed E-state index contributed by atoms with van der Waals surface area (Å²) in [6, 6.07) is 3.27. The van der Waals surface area contributed by atoms with Crippen LogP contribution in [-0.4, -0.2) is 34.4 Å². The molecule has 0 spiro atoms. The van der Waals surface area contributed by atoms with Crippen LogP contribution in [0.15, 0.2) is 12.3 Å². The molecule has 1 saturated heterocycles. The fraction of sp³-hybridized carbons (Fsp3) is 0.786. The van der Waals surface area contributed by atoms with E-state index in [1.165, 1.54) is 23.6 Å². The third-order valence-electron chi connectivity index (χ3n) is 4.04. The Morgan fingerprint density at radius 3 is 3.06 bits per heavy atom. The van der Waals surface area contributed by atoms with Crippen LogP contribution in [0.2, 0.25) is 0 Å². The van der Waals surface area contributed by atoms with Gasteiger partial charge in [0.05, 0.1) is 5.69 Å². The number of thioether (sulfide) groups is 1. The zero-order valence-corrected chi connectivity index (χ0v) is 12.5. The Kier molecular flexibility index (Phi) is 5.13. The van der Waals surface area contributed by atoms with Gasteiger partial charge < -0.3 is 5.32 Å². The van der Waals surface area contributed by atoms with E-state index in [-0.39, 0.29) is 0 Å². The molecule has 2 heterocycles.